The molecule has 0 saturated carbocycles. The molecule has 8 heteroatoms. The normalized spacial score (nSPS) is 11.7. The van der Waals surface area contributed by atoms with Crippen LogP contribution < -0.4 is 10.6 Å². The second-order valence-corrected chi connectivity index (χ2v) is 7.98. The van der Waals surface area contributed by atoms with Crippen LogP contribution >= 0.6 is 11.8 Å². The fourth-order valence-corrected chi connectivity index (χ4v) is 3.52. The number of amides is 3. The number of thioether (sulfide) groups is 1. The SMILES string of the molecule is CNC(=O)NC(=O)[C@@H](C)Sc1nnc(-c2ccc(C)cc2)n1-c1ccc(C)cc1. The van der Waals surface area contributed by atoms with Crippen molar-refractivity contribution in [1.29, 1.82) is 0 Å². The molecule has 2 N–H and O–H groups in total. The third kappa shape index (κ3) is 4.83. The number of aromatic nitrogens is 3. The number of urea groups is 1. The largest absolute Gasteiger partial charge is 0.341 e. The summed E-state index contributed by atoms with van der Waals surface area (Å²) in [7, 11) is 1.46. The molecule has 1 aromatic heterocycles. The zero-order valence-corrected chi connectivity index (χ0v) is 17.6. The summed E-state index contributed by atoms with van der Waals surface area (Å²) in [5.74, 6) is 0.292. The standard InChI is InChI=1S/C21H23N5O2S/c1-13-5-9-16(10-6-13)18-24-25-21(26(18)17-11-7-14(2)8-12-17)29-15(3)19(27)23-20(28)22-4/h5-12,15H,1-4H3,(H2,22,23,27,28)/t15-/m1/s1. The first-order valence-electron chi connectivity index (χ1n) is 9.17. The van der Waals surface area contributed by atoms with Crippen molar-refractivity contribution in [1.82, 2.24) is 25.4 Å². The van der Waals surface area contributed by atoms with Gasteiger partial charge in [-0.2, -0.15) is 0 Å². The Bertz CT molecular complexity index is 1010. The van der Waals surface area contributed by atoms with E-state index in [4.69, 9.17) is 0 Å². The zero-order valence-electron chi connectivity index (χ0n) is 16.8. The zero-order chi connectivity index (χ0) is 21.0. The number of aryl methyl sites for hydroxylation is 2. The number of imide groups is 1. The molecule has 3 rings (SSSR count). The lowest BCUT2D eigenvalue weighted by molar-refractivity contribution is -0.119. The molecule has 0 aliphatic heterocycles. The van der Waals surface area contributed by atoms with Gasteiger partial charge in [0.15, 0.2) is 11.0 Å². The van der Waals surface area contributed by atoms with E-state index in [1.165, 1.54) is 18.8 Å². The van der Waals surface area contributed by atoms with Crippen molar-refractivity contribution in [2.75, 3.05) is 7.05 Å². The highest BCUT2D eigenvalue weighted by molar-refractivity contribution is 8.00. The molecule has 0 bridgehead atoms. The molecule has 0 radical (unpaired) electrons. The van der Waals surface area contributed by atoms with Crippen LogP contribution in [0.25, 0.3) is 17.1 Å². The maximum absolute atomic E-state index is 12.3. The van der Waals surface area contributed by atoms with Gasteiger partial charge >= 0.3 is 6.03 Å². The van der Waals surface area contributed by atoms with E-state index < -0.39 is 17.2 Å². The monoisotopic (exact) mass is 409 g/mol. The van der Waals surface area contributed by atoms with Crippen molar-refractivity contribution in [2.24, 2.45) is 0 Å². The van der Waals surface area contributed by atoms with Gasteiger partial charge in [-0.1, -0.05) is 59.3 Å². The molecule has 0 saturated heterocycles. The van der Waals surface area contributed by atoms with Gasteiger partial charge in [-0.3, -0.25) is 14.7 Å². The van der Waals surface area contributed by atoms with Crippen LogP contribution in [-0.2, 0) is 4.79 Å². The van der Waals surface area contributed by atoms with Crippen molar-refractivity contribution in [3.63, 3.8) is 0 Å². The minimum Gasteiger partial charge on any atom is -0.341 e. The van der Waals surface area contributed by atoms with Crippen LogP contribution in [-0.4, -0.2) is 39.0 Å². The Balaban J connectivity index is 1.99. The first-order valence-corrected chi connectivity index (χ1v) is 10.1. The van der Waals surface area contributed by atoms with Gasteiger partial charge in [-0.25, -0.2) is 4.79 Å². The summed E-state index contributed by atoms with van der Waals surface area (Å²) in [6.45, 7) is 5.78. The van der Waals surface area contributed by atoms with E-state index in [2.05, 4.69) is 20.8 Å². The van der Waals surface area contributed by atoms with Gasteiger partial charge in [-0.05, 0) is 32.9 Å². The number of carbonyl (C=O) groups excluding carboxylic acids is 2. The lowest BCUT2D eigenvalue weighted by atomic mass is 10.1. The van der Waals surface area contributed by atoms with Gasteiger partial charge < -0.3 is 5.32 Å². The van der Waals surface area contributed by atoms with Gasteiger partial charge in [0, 0.05) is 18.3 Å². The molecule has 0 aliphatic carbocycles. The first-order chi connectivity index (χ1) is 13.9. The molecule has 1 heterocycles. The number of benzene rings is 2. The van der Waals surface area contributed by atoms with Crippen LogP contribution in [0.15, 0.2) is 53.7 Å². The minimum atomic E-state index is -0.539. The van der Waals surface area contributed by atoms with E-state index >= 15 is 0 Å². The Hall–Kier alpha value is -3.13. The van der Waals surface area contributed by atoms with Crippen molar-refractivity contribution in [3.8, 4) is 17.1 Å². The highest BCUT2D eigenvalue weighted by atomic mass is 32.2. The van der Waals surface area contributed by atoms with Crippen molar-refractivity contribution >= 4 is 23.7 Å². The second-order valence-electron chi connectivity index (χ2n) is 6.67. The molecule has 0 unspecified atom stereocenters. The molecule has 0 spiro atoms. The molecule has 0 aliphatic rings. The Morgan fingerprint density at radius 1 is 0.966 bits per heavy atom. The molecule has 1 atom stereocenters. The summed E-state index contributed by atoms with van der Waals surface area (Å²) in [6, 6.07) is 15.5. The predicted molar refractivity (Wildman–Crippen MR) is 114 cm³/mol. The summed E-state index contributed by atoms with van der Waals surface area (Å²) in [6.07, 6.45) is 0. The third-order valence-corrected chi connectivity index (χ3v) is 5.39. The van der Waals surface area contributed by atoms with Crippen molar-refractivity contribution in [3.05, 3.63) is 59.7 Å². The molecule has 2 aromatic carbocycles. The van der Waals surface area contributed by atoms with Crippen molar-refractivity contribution < 1.29 is 9.59 Å². The van der Waals surface area contributed by atoms with E-state index in [1.54, 1.807) is 6.92 Å². The summed E-state index contributed by atoms with van der Waals surface area (Å²) in [4.78, 5) is 23.7. The number of nitrogens with zero attached hydrogens (tertiary/aromatic N) is 3. The summed E-state index contributed by atoms with van der Waals surface area (Å²) < 4.78 is 1.93. The van der Waals surface area contributed by atoms with Crippen LogP contribution in [0.2, 0.25) is 0 Å². The van der Waals surface area contributed by atoms with E-state index in [0.29, 0.717) is 11.0 Å². The van der Waals surface area contributed by atoms with E-state index in [9.17, 15) is 9.59 Å². The summed E-state index contributed by atoms with van der Waals surface area (Å²) in [5.41, 5.74) is 4.13. The fraction of sp³-hybridized carbons (Fsp3) is 0.238. The number of rotatable bonds is 5. The maximum Gasteiger partial charge on any atom is 0.321 e. The average molecular weight is 410 g/mol. The fourth-order valence-electron chi connectivity index (χ4n) is 2.65. The Morgan fingerprint density at radius 2 is 1.55 bits per heavy atom. The third-order valence-electron chi connectivity index (χ3n) is 4.35. The highest BCUT2D eigenvalue weighted by Gasteiger charge is 2.22. The molecule has 0 fully saturated rings. The molecule has 150 valence electrons. The Labute approximate surface area is 173 Å². The van der Waals surface area contributed by atoms with Crippen LogP contribution in [0.4, 0.5) is 4.79 Å². The topological polar surface area (TPSA) is 88.9 Å². The van der Waals surface area contributed by atoms with Crippen LogP contribution in [0.5, 0.6) is 0 Å². The van der Waals surface area contributed by atoms with Gasteiger partial charge in [-0.15, -0.1) is 10.2 Å². The van der Waals surface area contributed by atoms with Gasteiger partial charge in [0.05, 0.1) is 5.25 Å². The number of hydrogen-bond donors (Lipinski definition) is 2. The number of nitrogens with one attached hydrogen (secondary N) is 2. The number of carbonyl (C=O) groups is 2. The van der Waals surface area contributed by atoms with Gasteiger partial charge in [0.2, 0.25) is 5.91 Å². The Kier molecular flexibility index (Phi) is 6.33. The summed E-state index contributed by atoms with van der Waals surface area (Å²) in [5, 5.41) is 13.4. The predicted octanol–water partition coefficient (Wildman–Crippen LogP) is 3.49. The van der Waals surface area contributed by atoms with Gasteiger partial charge in [0.25, 0.3) is 0 Å². The van der Waals surface area contributed by atoms with Crippen LogP contribution in [0.3, 0.4) is 0 Å². The highest BCUT2D eigenvalue weighted by Crippen LogP contribution is 2.30. The quantitative estimate of drug-likeness (QED) is 0.630. The Morgan fingerprint density at radius 3 is 2.14 bits per heavy atom. The first kappa shape index (κ1) is 20.6. The maximum atomic E-state index is 12.3. The lowest BCUT2D eigenvalue weighted by Gasteiger charge is -2.14. The van der Waals surface area contributed by atoms with Crippen LogP contribution in [0, 0.1) is 13.8 Å². The van der Waals surface area contributed by atoms with Crippen LogP contribution in [0.1, 0.15) is 18.1 Å². The smallest absolute Gasteiger partial charge is 0.321 e. The lowest BCUT2D eigenvalue weighted by Crippen LogP contribution is -2.41. The number of hydrogen-bond acceptors (Lipinski definition) is 5. The van der Waals surface area contributed by atoms with E-state index in [1.807, 2.05) is 66.9 Å². The van der Waals surface area contributed by atoms with Gasteiger partial charge in [0.1, 0.15) is 0 Å². The molecule has 3 aromatic rings. The minimum absolute atomic E-state index is 0.398. The molecule has 7 nitrogen and oxygen atoms in total. The summed E-state index contributed by atoms with van der Waals surface area (Å²) >= 11 is 1.25. The molecular weight excluding hydrogens is 386 g/mol. The van der Waals surface area contributed by atoms with Crippen molar-refractivity contribution in [2.45, 2.75) is 31.2 Å². The van der Waals surface area contributed by atoms with E-state index in [-0.39, 0.29) is 0 Å². The average Bonchev–Trinajstić information content (AvgIpc) is 3.12. The second kappa shape index (κ2) is 8.91. The van der Waals surface area contributed by atoms with E-state index in [0.717, 1.165) is 22.4 Å². The molecule has 29 heavy (non-hydrogen) atoms. The molecular formula is C21H23N5O2S. The molecule has 3 amide bonds.